The Morgan fingerprint density at radius 1 is 1.35 bits per heavy atom. The van der Waals surface area contributed by atoms with Gasteiger partial charge in [0.1, 0.15) is 11.4 Å². The van der Waals surface area contributed by atoms with Crippen LogP contribution >= 0.6 is 0 Å². The minimum Gasteiger partial charge on any atom is -0.508 e. The van der Waals surface area contributed by atoms with Gasteiger partial charge in [0, 0.05) is 19.2 Å². The molecule has 1 aliphatic rings. The molecule has 23 heavy (non-hydrogen) atoms. The second kappa shape index (κ2) is 7.06. The van der Waals surface area contributed by atoms with E-state index in [0.717, 1.165) is 18.9 Å². The fourth-order valence-corrected chi connectivity index (χ4v) is 2.42. The van der Waals surface area contributed by atoms with E-state index in [0.29, 0.717) is 19.7 Å². The fraction of sp³-hybridized carbons (Fsp3) is 0.588. The summed E-state index contributed by atoms with van der Waals surface area (Å²) in [6, 6.07) is 3.84. The average molecular weight is 325 g/mol. The number of amides is 1. The number of halogens is 1. The number of phenols is 1. The zero-order valence-corrected chi connectivity index (χ0v) is 13.8. The second-order valence-electron chi connectivity index (χ2n) is 6.84. The minimum absolute atomic E-state index is 0.125. The highest BCUT2D eigenvalue weighted by Crippen LogP contribution is 2.24. The first-order valence-corrected chi connectivity index (χ1v) is 7.84. The molecule has 0 bridgehead atoms. The van der Waals surface area contributed by atoms with Crippen LogP contribution in [0.5, 0.6) is 11.5 Å². The maximum absolute atomic E-state index is 13.6. The van der Waals surface area contributed by atoms with Crippen molar-refractivity contribution in [3.8, 4) is 11.5 Å². The molecule has 2 rings (SSSR count). The molecule has 1 aromatic rings. The van der Waals surface area contributed by atoms with Crippen molar-refractivity contribution < 1.29 is 23.8 Å². The van der Waals surface area contributed by atoms with Gasteiger partial charge in [0.05, 0.1) is 6.61 Å². The van der Waals surface area contributed by atoms with Crippen LogP contribution in [0.25, 0.3) is 0 Å². The van der Waals surface area contributed by atoms with Crippen molar-refractivity contribution in [2.24, 2.45) is 5.92 Å². The van der Waals surface area contributed by atoms with Gasteiger partial charge < -0.3 is 19.5 Å². The van der Waals surface area contributed by atoms with E-state index in [1.807, 2.05) is 20.8 Å². The maximum Gasteiger partial charge on any atom is 0.410 e. The van der Waals surface area contributed by atoms with Gasteiger partial charge in [-0.1, -0.05) is 0 Å². The first-order valence-electron chi connectivity index (χ1n) is 7.84. The van der Waals surface area contributed by atoms with Crippen LogP contribution in [0.2, 0.25) is 0 Å². The van der Waals surface area contributed by atoms with Crippen molar-refractivity contribution in [2.45, 2.75) is 39.2 Å². The first-order chi connectivity index (χ1) is 10.7. The molecule has 0 unspecified atom stereocenters. The Kier molecular flexibility index (Phi) is 5.34. The molecule has 0 atom stereocenters. The van der Waals surface area contributed by atoms with Crippen LogP contribution in [-0.2, 0) is 4.74 Å². The third-order valence-electron chi connectivity index (χ3n) is 3.66. The summed E-state index contributed by atoms with van der Waals surface area (Å²) >= 11 is 0. The van der Waals surface area contributed by atoms with Crippen molar-refractivity contribution in [1.29, 1.82) is 0 Å². The van der Waals surface area contributed by atoms with Gasteiger partial charge >= 0.3 is 6.09 Å². The van der Waals surface area contributed by atoms with Crippen molar-refractivity contribution in [1.82, 2.24) is 4.90 Å². The molecule has 1 amide bonds. The number of hydrogen-bond acceptors (Lipinski definition) is 4. The summed E-state index contributed by atoms with van der Waals surface area (Å²) in [6.07, 6.45) is 1.29. The summed E-state index contributed by atoms with van der Waals surface area (Å²) in [6.45, 7) is 7.15. The molecule has 0 saturated carbocycles. The van der Waals surface area contributed by atoms with Crippen LogP contribution in [0.1, 0.15) is 33.6 Å². The number of aromatic hydroxyl groups is 1. The van der Waals surface area contributed by atoms with E-state index < -0.39 is 11.4 Å². The number of phenolic OH excluding ortho intramolecular Hbond substituents is 1. The molecule has 1 heterocycles. The molecule has 1 aromatic carbocycles. The van der Waals surface area contributed by atoms with Crippen LogP contribution < -0.4 is 4.74 Å². The third kappa shape index (κ3) is 5.30. The first kappa shape index (κ1) is 17.4. The lowest BCUT2D eigenvalue weighted by atomic mass is 9.98. The number of benzene rings is 1. The number of ether oxygens (including phenoxy) is 2. The Bertz CT molecular complexity index is 548. The number of hydrogen-bond donors (Lipinski definition) is 1. The van der Waals surface area contributed by atoms with Gasteiger partial charge in [-0.3, -0.25) is 0 Å². The summed E-state index contributed by atoms with van der Waals surface area (Å²) in [5.74, 6) is -0.295. The van der Waals surface area contributed by atoms with Gasteiger partial charge in [-0.2, -0.15) is 0 Å². The van der Waals surface area contributed by atoms with Crippen LogP contribution in [0.15, 0.2) is 18.2 Å². The van der Waals surface area contributed by atoms with E-state index in [1.165, 1.54) is 12.1 Å². The summed E-state index contributed by atoms with van der Waals surface area (Å²) in [5.41, 5.74) is -0.493. The highest BCUT2D eigenvalue weighted by Gasteiger charge is 2.27. The highest BCUT2D eigenvalue weighted by atomic mass is 19.1. The largest absolute Gasteiger partial charge is 0.508 e. The number of piperidine rings is 1. The number of likely N-dealkylation sites (tertiary alicyclic amines) is 1. The lowest BCUT2D eigenvalue weighted by Gasteiger charge is -2.33. The smallest absolute Gasteiger partial charge is 0.410 e. The van der Waals surface area contributed by atoms with Crippen molar-refractivity contribution in [3.63, 3.8) is 0 Å². The van der Waals surface area contributed by atoms with Gasteiger partial charge in [-0.05, 0) is 51.7 Å². The Balaban J connectivity index is 1.77. The van der Waals surface area contributed by atoms with E-state index >= 15 is 0 Å². The molecule has 5 nitrogen and oxygen atoms in total. The Morgan fingerprint density at radius 3 is 2.57 bits per heavy atom. The van der Waals surface area contributed by atoms with E-state index in [2.05, 4.69) is 0 Å². The normalized spacial score (nSPS) is 16.3. The molecular weight excluding hydrogens is 301 g/mol. The molecule has 128 valence electrons. The second-order valence-corrected chi connectivity index (χ2v) is 6.84. The standard InChI is InChI=1S/C17H24FNO4/c1-17(2,3)23-16(21)19-8-6-12(7-9-19)11-22-15-5-4-13(20)10-14(15)18/h4-5,10,12,20H,6-9,11H2,1-3H3. The van der Waals surface area contributed by atoms with Crippen molar-refractivity contribution in [3.05, 3.63) is 24.0 Å². The topological polar surface area (TPSA) is 59.0 Å². The SMILES string of the molecule is CC(C)(C)OC(=O)N1CCC(COc2ccc(O)cc2F)CC1. The monoisotopic (exact) mass is 325 g/mol. The number of nitrogens with zero attached hydrogens (tertiary/aromatic N) is 1. The van der Waals surface area contributed by atoms with Gasteiger partial charge in [0.15, 0.2) is 11.6 Å². The number of carbonyl (C=O) groups is 1. The Hall–Kier alpha value is -1.98. The Labute approximate surface area is 136 Å². The van der Waals surface area contributed by atoms with Crippen LogP contribution in [-0.4, -0.2) is 41.4 Å². The summed E-state index contributed by atoms with van der Waals surface area (Å²) in [7, 11) is 0. The molecule has 1 aliphatic heterocycles. The van der Waals surface area contributed by atoms with Crippen LogP contribution in [0.4, 0.5) is 9.18 Å². The fourth-order valence-electron chi connectivity index (χ4n) is 2.42. The molecule has 0 radical (unpaired) electrons. The predicted molar refractivity (Wildman–Crippen MR) is 84.1 cm³/mol. The molecule has 0 spiro atoms. The summed E-state index contributed by atoms with van der Waals surface area (Å²) in [5, 5.41) is 9.17. The van der Waals surface area contributed by atoms with Crippen LogP contribution in [0, 0.1) is 11.7 Å². The van der Waals surface area contributed by atoms with Gasteiger partial charge in [-0.25, -0.2) is 9.18 Å². The molecule has 0 aliphatic carbocycles. The average Bonchev–Trinajstić information content (AvgIpc) is 2.45. The zero-order chi connectivity index (χ0) is 17.0. The summed E-state index contributed by atoms with van der Waals surface area (Å²) in [4.78, 5) is 13.7. The van der Waals surface area contributed by atoms with Crippen molar-refractivity contribution >= 4 is 6.09 Å². The van der Waals surface area contributed by atoms with Gasteiger partial charge in [0.25, 0.3) is 0 Å². The van der Waals surface area contributed by atoms with E-state index in [4.69, 9.17) is 9.47 Å². The lowest BCUT2D eigenvalue weighted by Crippen LogP contribution is -2.42. The lowest BCUT2D eigenvalue weighted by molar-refractivity contribution is 0.0164. The zero-order valence-electron chi connectivity index (χ0n) is 13.8. The third-order valence-corrected chi connectivity index (χ3v) is 3.66. The van der Waals surface area contributed by atoms with E-state index in [1.54, 1.807) is 4.90 Å². The quantitative estimate of drug-likeness (QED) is 0.923. The molecule has 1 fully saturated rings. The highest BCUT2D eigenvalue weighted by molar-refractivity contribution is 5.68. The van der Waals surface area contributed by atoms with E-state index in [9.17, 15) is 14.3 Å². The maximum atomic E-state index is 13.6. The molecule has 0 aromatic heterocycles. The minimum atomic E-state index is -0.573. The molecule has 6 heteroatoms. The summed E-state index contributed by atoms with van der Waals surface area (Å²) < 4.78 is 24.4. The molecule has 1 saturated heterocycles. The van der Waals surface area contributed by atoms with Gasteiger partial charge in [-0.15, -0.1) is 0 Å². The van der Waals surface area contributed by atoms with Crippen LogP contribution in [0.3, 0.4) is 0 Å². The number of rotatable bonds is 3. The Morgan fingerprint density at radius 2 is 2.00 bits per heavy atom. The van der Waals surface area contributed by atoms with Crippen molar-refractivity contribution in [2.75, 3.05) is 19.7 Å². The molecule has 1 N–H and O–H groups in total. The molecular formula is C17H24FNO4. The number of carbonyl (C=O) groups excluding carboxylic acids is 1. The van der Waals surface area contributed by atoms with Gasteiger partial charge in [0.2, 0.25) is 0 Å². The predicted octanol–water partition coefficient (Wildman–Crippen LogP) is 3.56. The van der Waals surface area contributed by atoms with E-state index in [-0.39, 0.29) is 23.5 Å².